The first kappa shape index (κ1) is 76.1. The van der Waals surface area contributed by atoms with E-state index in [4.69, 9.17) is 0 Å². The predicted molar refractivity (Wildman–Crippen MR) is 342 cm³/mol. The van der Waals surface area contributed by atoms with Crippen LogP contribution >= 0.6 is 0 Å². The summed E-state index contributed by atoms with van der Waals surface area (Å²) in [4.78, 5) is 12.6. The molecule has 0 rings (SSSR count). The second-order valence-corrected chi connectivity index (χ2v) is 25.2. The second kappa shape index (κ2) is 67.6. The van der Waals surface area contributed by atoms with Crippen molar-refractivity contribution in [3.8, 4) is 0 Å². The summed E-state index contributed by atoms with van der Waals surface area (Å²) in [5.41, 5.74) is 0. The van der Waals surface area contributed by atoms with Crippen LogP contribution in [0.1, 0.15) is 418 Å². The number of carbonyl (C=O) groups is 1. The smallest absolute Gasteiger partial charge is 0.220 e. The first-order chi connectivity index (χ1) is 38.1. The highest BCUT2D eigenvalue weighted by molar-refractivity contribution is 5.76. The lowest BCUT2D eigenvalue weighted by Gasteiger charge is -2.26. The summed E-state index contributed by atoms with van der Waals surface area (Å²) < 4.78 is 0. The van der Waals surface area contributed by atoms with E-state index in [0.29, 0.717) is 12.8 Å². The number of unbranched alkanes of at least 4 members (excludes halogenated alkanes) is 58. The first-order valence-electron chi connectivity index (χ1n) is 36.0. The van der Waals surface area contributed by atoms with E-state index in [1.54, 1.807) is 0 Å². The Morgan fingerprint density at radius 3 is 0.753 bits per heavy atom. The van der Waals surface area contributed by atoms with E-state index in [0.717, 1.165) is 32.1 Å². The van der Waals surface area contributed by atoms with Crippen molar-refractivity contribution in [1.82, 2.24) is 5.32 Å². The summed E-state index contributed by atoms with van der Waals surface area (Å²) in [6, 6.07) is -0.808. The molecule has 0 fully saturated rings. The van der Waals surface area contributed by atoms with Crippen molar-refractivity contribution in [2.45, 2.75) is 437 Å². The molecule has 0 bridgehead atoms. The van der Waals surface area contributed by atoms with Gasteiger partial charge in [-0.15, -0.1) is 0 Å². The zero-order valence-corrected chi connectivity index (χ0v) is 52.9. The molecule has 0 saturated carbocycles. The largest absolute Gasteiger partial charge is 0.394 e. The number of aliphatic hydroxyl groups is 3. The quantitative estimate of drug-likeness (QED) is 0.0361. The number of hydrogen-bond acceptors (Lipinski definition) is 4. The van der Waals surface area contributed by atoms with Crippen molar-refractivity contribution in [1.29, 1.82) is 0 Å². The summed E-state index contributed by atoms with van der Waals surface area (Å²) in [5, 5.41) is 34.0. The van der Waals surface area contributed by atoms with Crippen LogP contribution in [-0.2, 0) is 4.79 Å². The van der Waals surface area contributed by atoms with Gasteiger partial charge in [0.15, 0.2) is 0 Å². The van der Waals surface area contributed by atoms with Gasteiger partial charge in [-0.2, -0.15) is 0 Å². The van der Waals surface area contributed by atoms with Crippen LogP contribution in [0.4, 0.5) is 0 Å². The van der Waals surface area contributed by atoms with E-state index in [1.807, 2.05) is 0 Å². The highest BCUT2D eigenvalue weighted by Gasteiger charge is 2.27. The van der Waals surface area contributed by atoms with Crippen LogP contribution < -0.4 is 5.32 Å². The molecule has 5 heteroatoms. The zero-order valence-electron chi connectivity index (χ0n) is 52.9. The van der Waals surface area contributed by atoms with Gasteiger partial charge in [0, 0.05) is 6.42 Å². The lowest BCUT2D eigenvalue weighted by molar-refractivity contribution is -0.124. The average molecular weight is 1090 g/mol. The van der Waals surface area contributed by atoms with Crippen molar-refractivity contribution < 1.29 is 20.1 Å². The number of allylic oxidation sites excluding steroid dienone is 2. The lowest BCUT2D eigenvalue weighted by atomic mass is 9.99. The minimum Gasteiger partial charge on any atom is -0.394 e. The number of rotatable bonds is 68. The summed E-state index contributed by atoms with van der Waals surface area (Å²) in [6.45, 7) is 4.24. The van der Waals surface area contributed by atoms with Crippen LogP contribution in [0.2, 0.25) is 0 Å². The number of carbonyl (C=O) groups excluding carboxylic acids is 1. The third-order valence-electron chi connectivity index (χ3n) is 17.4. The molecule has 0 aliphatic heterocycles. The fourth-order valence-electron chi connectivity index (χ4n) is 11.9. The summed E-state index contributed by atoms with van der Waals surface area (Å²) in [5.74, 6) is -0.135. The Labute approximate surface area is 484 Å². The zero-order chi connectivity index (χ0) is 55.7. The number of amides is 1. The van der Waals surface area contributed by atoms with Crippen molar-refractivity contribution in [3.63, 3.8) is 0 Å². The van der Waals surface area contributed by atoms with Crippen LogP contribution in [-0.4, -0.2) is 46.1 Å². The molecule has 0 aromatic rings. The fourth-order valence-corrected chi connectivity index (χ4v) is 11.9. The average Bonchev–Trinajstić information content (AvgIpc) is 3.43. The molecule has 0 aromatic heterocycles. The van der Waals surface area contributed by atoms with Crippen molar-refractivity contribution in [2.75, 3.05) is 6.61 Å². The van der Waals surface area contributed by atoms with Crippen molar-refractivity contribution in [2.24, 2.45) is 0 Å². The minimum atomic E-state index is -1.13. The summed E-state index contributed by atoms with van der Waals surface area (Å²) >= 11 is 0. The molecular formula is C72H143NO4. The van der Waals surface area contributed by atoms with Gasteiger partial charge in [0.05, 0.1) is 18.8 Å². The Morgan fingerprint density at radius 1 is 0.312 bits per heavy atom. The molecule has 0 radical (unpaired) electrons. The maximum atomic E-state index is 12.6. The maximum absolute atomic E-state index is 12.6. The van der Waals surface area contributed by atoms with E-state index >= 15 is 0 Å². The van der Waals surface area contributed by atoms with E-state index < -0.39 is 18.2 Å². The van der Waals surface area contributed by atoms with Crippen molar-refractivity contribution in [3.05, 3.63) is 12.2 Å². The molecule has 460 valence electrons. The fraction of sp³-hybridized carbons (Fsp3) is 0.958. The number of aliphatic hydroxyl groups excluding tert-OH is 3. The summed E-state index contributed by atoms with van der Waals surface area (Å²) in [7, 11) is 0. The van der Waals surface area contributed by atoms with Gasteiger partial charge < -0.3 is 20.6 Å². The molecule has 1 amide bonds. The molecule has 0 aromatic carbocycles. The molecule has 5 nitrogen and oxygen atoms in total. The molecule has 0 saturated heterocycles. The molecular weight excluding hydrogens is 943 g/mol. The first-order valence-corrected chi connectivity index (χ1v) is 36.0. The molecule has 0 spiro atoms. The van der Waals surface area contributed by atoms with Gasteiger partial charge in [-0.05, 0) is 38.5 Å². The van der Waals surface area contributed by atoms with Gasteiger partial charge in [-0.1, -0.05) is 386 Å². The van der Waals surface area contributed by atoms with E-state index in [9.17, 15) is 20.1 Å². The summed E-state index contributed by atoms with van der Waals surface area (Å²) in [6.07, 6.45) is 87.3. The second-order valence-electron chi connectivity index (χ2n) is 25.2. The number of hydrogen-bond donors (Lipinski definition) is 4. The van der Waals surface area contributed by atoms with Gasteiger partial charge in [0.25, 0.3) is 0 Å². The molecule has 0 aliphatic rings. The van der Waals surface area contributed by atoms with Gasteiger partial charge in [0.2, 0.25) is 5.91 Å². The molecule has 0 aliphatic carbocycles. The highest BCUT2D eigenvalue weighted by Crippen LogP contribution is 2.20. The molecule has 3 unspecified atom stereocenters. The third kappa shape index (κ3) is 62.5. The number of nitrogens with one attached hydrogen (secondary N) is 1. The lowest BCUT2D eigenvalue weighted by Crippen LogP contribution is -2.50. The Morgan fingerprint density at radius 2 is 0.519 bits per heavy atom. The van der Waals surface area contributed by atoms with Crippen LogP contribution in [0.25, 0.3) is 0 Å². The Kier molecular flexibility index (Phi) is 66.8. The van der Waals surface area contributed by atoms with Crippen molar-refractivity contribution >= 4 is 5.91 Å². The molecule has 4 N–H and O–H groups in total. The normalized spacial score (nSPS) is 13.1. The molecule has 0 heterocycles. The van der Waals surface area contributed by atoms with Gasteiger partial charge in [-0.3, -0.25) is 4.79 Å². The maximum Gasteiger partial charge on any atom is 0.220 e. The Bertz CT molecular complexity index is 1110. The van der Waals surface area contributed by atoms with Crippen LogP contribution in [0.15, 0.2) is 12.2 Å². The monoisotopic (exact) mass is 1090 g/mol. The van der Waals surface area contributed by atoms with E-state index in [-0.39, 0.29) is 12.5 Å². The van der Waals surface area contributed by atoms with Gasteiger partial charge >= 0.3 is 0 Å². The van der Waals surface area contributed by atoms with E-state index in [1.165, 1.54) is 360 Å². The Hall–Kier alpha value is -0.910. The van der Waals surface area contributed by atoms with Crippen LogP contribution in [0.3, 0.4) is 0 Å². The predicted octanol–water partition coefficient (Wildman–Crippen LogP) is 23.4. The minimum absolute atomic E-state index is 0.135. The highest BCUT2D eigenvalue weighted by atomic mass is 16.3. The molecule has 3 atom stereocenters. The topological polar surface area (TPSA) is 89.8 Å². The van der Waals surface area contributed by atoms with Crippen LogP contribution in [0, 0.1) is 0 Å². The van der Waals surface area contributed by atoms with Crippen LogP contribution in [0.5, 0.6) is 0 Å². The van der Waals surface area contributed by atoms with Gasteiger partial charge in [0.1, 0.15) is 6.10 Å². The van der Waals surface area contributed by atoms with E-state index in [2.05, 4.69) is 31.3 Å². The standard InChI is InChI=1S/C72H143NO4/c1-3-5-7-9-11-13-15-17-19-21-23-25-27-29-30-31-32-33-34-35-36-37-38-39-40-41-42-43-45-47-49-51-53-55-57-59-61-63-65-67-71(76)73-69(68-74)72(77)70(75)66-64-62-60-58-56-54-52-50-48-46-44-28-26-24-22-20-18-16-14-12-10-8-6-4-2/h35-36,69-70,72,74-75,77H,3-34,37-68H2,1-2H3,(H,73,76)/b36-35-. The Balaban J connectivity index is 3.42. The SMILES string of the molecule is CCCCCCCCCCCCCCCCCCCC/C=C\CCCCCCCCCCCCCCCCCCCC(=O)NC(CO)C(O)C(O)CCCCCCCCCCCCCCCCCCCCCCCCCC. The van der Waals surface area contributed by atoms with Gasteiger partial charge in [-0.25, -0.2) is 0 Å². The third-order valence-corrected chi connectivity index (χ3v) is 17.4. The molecule has 77 heavy (non-hydrogen) atoms.